The number of rotatable bonds is 6. The molecule has 0 fully saturated rings. The molecule has 0 bridgehead atoms. The van der Waals surface area contributed by atoms with Crippen LogP contribution in [0, 0.1) is 3.57 Å². The molecule has 0 aliphatic heterocycles. The van der Waals surface area contributed by atoms with Gasteiger partial charge >= 0.3 is 0 Å². The van der Waals surface area contributed by atoms with E-state index in [-0.39, 0.29) is 6.04 Å². The summed E-state index contributed by atoms with van der Waals surface area (Å²) in [5, 5.41) is 8.74. The number of hydrogen-bond donors (Lipinski definition) is 1. The highest BCUT2D eigenvalue weighted by molar-refractivity contribution is 14.1. The standard InChI is InChI=1S/C15H19ClIN3/c1-3-7-18-15(12-9-19-20(4-2)10-12)11-5-6-14(17)13(16)8-11/h5-6,8-10,15,18H,3-4,7H2,1-2H3. The van der Waals surface area contributed by atoms with Gasteiger partial charge < -0.3 is 5.32 Å². The first-order valence-electron chi connectivity index (χ1n) is 6.86. The average molecular weight is 404 g/mol. The monoisotopic (exact) mass is 403 g/mol. The van der Waals surface area contributed by atoms with Crippen molar-refractivity contribution in [2.75, 3.05) is 6.54 Å². The first-order valence-corrected chi connectivity index (χ1v) is 8.32. The summed E-state index contributed by atoms with van der Waals surface area (Å²) in [5.74, 6) is 0. The van der Waals surface area contributed by atoms with E-state index in [4.69, 9.17) is 11.6 Å². The van der Waals surface area contributed by atoms with Gasteiger partial charge in [0.05, 0.1) is 17.3 Å². The maximum Gasteiger partial charge on any atom is 0.0608 e. The van der Waals surface area contributed by atoms with Crippen LogP contribution in [-0.4, -0.2) is 16.3 Å². The van der Waals surface area contributed by atoms with Crippen LogP contribution in [0.1, 0.15) is 37.4 Å². The van der Waals surface area contributed by atoms with Gasteiger partial charge in [-0.3, -0.25) is 4.68 Å². The Balaban J connectivity index is 2.32. The summed E-state index contributed by atoms with van der Waals surface area (Å²) in [4.78, 5) is 0. The van der Waals surface area contributed by atoms with E-state index in [9.17, 15) is 0 Å². The molecule has 3 nitrogen and oxygen atoms in total. The Bertz CT molecular complexity index is 568. The number of nitrogens with zero attached hydrogens (tertiary/aromatic N) is 2. The van der Waals surface area contributed by atoms with E-state index < -0.39 is 0 Å². The predicted octanol–water partition coefficient (Wildman–Crippen LogP) is 4.25. The van der Waals surface area contributed by atoms with Crippen molar-refractivity contribution >= 4 is 34.2 Å². The van der Waals surface area contributed by atoms with Gasteiger partial charge in [0, 0.05) is 21.9 Å². The zero-order valence-corrected chi connectivity index (χ0v) is 14.6. The van der Waals surface area contributed by atoms with Crippen molar-refractivity contribution < 1.29 is 0 Å². The van der Waals surface area contributed by atoms with Crippen molar-refractivity contribution in [1.82, 2.24) is 15.1 Å². The molecule has 5 heteroatoms. The summed E-state index contributed by atoms with van der Waals surface area (Å²) in [6, 6.07) is 6.37. The van der Waals surface area contributed by atoms with Crippen LogP contribution in [0.3, 0.4) is 0 Å². The molecule has 0 aliphatic rings. The fourth-order valence-electron chi connectivity index (χ4n) is 2.11. The third kappa shape index (κ3) is 3.74. The van der Waals surface area contributed by atoms with Gasteiger partial charge in [-0.1, -0.05) is 24.6 Å². The van der Waals surface area contributed by atoms with Crippen molar-refractivity contribution in [1.29, 1.82) is 0 Å². The maximum absolute atomic E-state index is 6.26. The second-order valence-electron chi connectivity index (χ2n) is 4.69. The molecule has 2 rings (SSSR count). The summed E-state index contributed by atoms with van der Waals surface area (Å²) >= 11 is 8.50. The molecule has 0 aliphatic carbocycles. The summed E-state index contributed by atoms with van der Waals surface area (Å²) in [6.07, 6.45) is 5.12. The molecule has 1 N–H and O–H groups in total. The van der Waals surface area contributed by atoms with Gasteiger partial charge in [-0.05, 0) is 60.2 Å². The van der Waals surface area contributed by atoms with E-state index in [1.165, 1.54) is 11.1 Å². The lowest BCUT2D eigenvalue weighted by Gasteiger charge is -2.18. The van der Waals surface area contributed by atoms with Gasteiger partial charge in [0.1, 0.15) is 0 Å². The van der Waals surface area contributed by atoms with E-state index >= 15 is 0 Å². The van der Waals surface area contributed by atoms with E-state index in [1.807, 2.05) is 16.9 Å². The summed E-state index contributed by atoms with van der Waals surface area (Å²) in [6.45, 7) is 6.10. The van der Waals surface area contributed by atoms with Crippen LogP contribution in [0.15, 0.2) is 30.6 Å². The minimum absolute atomic E-state index is 0.143. The predicted molar refractivity (Wildman–Crippen MR) is 92.2 cm³/mol. The lowest BCUT2D eigenvalue weighted by molar-refractivity contribution is 0.596. The van der Waals surface area contributed by atoms with Gasteiger partial charge in [0.25, 0.3) is 0 Å². The molecule has 20 heavy (non-hydrogen) atoms. The second-order valence-corrected chi connectivity index (χ2v) is 6.26. The highest BCUT2D eigenvalue weighted by Gasteiger charge is 2.16. The third-order valence-corrected chi connectivity index (χ3v) is 4.76. The highest BCUT2D eigenvalue weighted by atomic mass is 127. The number of aromatic nitrogens is 2. The Hall–Kier alpha value is -0.590. The second kappa shape index (κ2) is 7.43. The van der Waals surface area contributed by atoms with Crippen molar-refractivity contribution in [2.45, 2.75) is 32.9 Å². The molecular formula is C15H19ClIN3. The van der Waals surface area contributed by atoms with Crippen LogP contribution in [0.5, 0.6) is 0 Å². The van der Waals surface area contributed by atoms with Gasteiger partial charge in [-0.2, -0.15) is 5.10 Å². The fourth-order valence-corrected chi connectivity index (χ4v) is 2.63. The average Bonchev–Trinajstić information content (AvgIpc) is 2.92. The maximum atomic E-state index is 6.26. The molecule has 1 aromatic carbocycles. The van der Waals surface area contributed by atoms with E-state index in [0.29, 0.717) is 0 Å². The number of aryl methyl sites for hydroxylation is 1. The Morgan fingerprint density at radius 2 is 2.15 bits per heavy atom. The lowest BCUT2D eigenvalue weighted by Crippen LogP contribution is -2.23. The number of hydrogen-bond acceptors (Lipinski definition) is 2. The Morgan fingerprint density at radius 1 is 1.35 bits per heavy atom. The van der Waals surface area contributed by atoms with Gasteiger partial charge in [-0.15, -0.1) is 0 Å². The third-order valence-electron chi connectivity index (χ3n) is 3.19. The Morgan fingerprint density at radius 3 is 2.75 bits per heavy atom. The number of benzene rings is 1. The zero-order chi connectivity index (χ0) is 14.5. The highest BCUT2D eigenvalue weighted by Crippen LogP contribution is 2.27. The van der Waals surface area contributed by atoms with Gasteiger partial charge in [-0.25, -0.2) is 0 Å². The van der Waals surface area contributed by atoms with E-state index in [0.717, 1.165) is 28.1 Å². The van der Waals surface area contributed by atoms with Crippen molar-refractivity contribution in [2.24, 2.45) is 0 Å². The lowest BCUT2D eigenvalue weighted by atomic mass is 10.0. The molecule has 2 aromatic rings. The van der Waals surface area contributed by atoms with Crippen LogP contribution in [0.25, 0.3) is 0 Å². The van der Waals surface area contributed by atoms with E-state index in [2.05, 4.69) is 65.2 Å². The molecule has 1 aromatic heterocycles. The first-order chi connectivity index (χ1) is 9.65. The summed E-state index contributed by atoms with van der Waals surface area (Å²) < 4.78 is 3.02. The molecule has 1 atom stereocenters. The molecule has 0 saturated carbocycles. The number of nitrogens with one attached hydrogen (secondary N) is 1. The van der Waals surface area contributed by atoms with Crippen LogP contribution in [-0.2, 0) is 6.54 Å². The van der Waals surface area contributed by atoms with E-state index in [1.54, 1.807) is 0 Å². The van der Waals surface area contributed by atoms with Gasteiger partial charge in [0.2, 0.25) is 0 Å². The molecule has 0 saturated heterocycles. The van der Waals surface area contributed by atoms with Crippen molar-refractivity contribution in [3.8, 4) is 0 Å². The summed E-state index contributed by atoms with van der Waals surface area (Å²) in [5.41, 5.74) is 2.36. The normalized spacial score (nSPS) is 12.6. The molecular weight excluding hydrogens is 385 g/mol. The quantitative estimate of drug-likeness (QED) is 0.731. The molecule has 108 valence electrons. The van der Waals surface area contributed by atoms with Crippen LogP contribution < -0.4 is 5.32 Å². The Kier molecular flexibility index (Phi) is 5.86. The molecule has 0 spiro atoms. The minimum atomic E-state index is 0.143. The molecule has 1 unspecified atom stereocenters. The zero-order valence-electron chi connectivity index (χ0n) is 11.7. The molecule has 1 heterocycles. The topological polar surface area (TPSA) is 29.9 Å². The number of halogens is 2. The van der Waals surface area contributed by atoms with Crippen LogP contribution in [0.4, 0.5) is 0 Å². The molecule has 0 amide bonds. The largest absolute Gasteiger partial charge is 0.306 e. The van der Waals surface area contributed by atoms with Crippen molar-refractivity contribution in [3.05, 3.63) is 50.3 Å². The van der Waals surface area contributed by atoms with Gasteiger partial charge in [0.15, 0.2) is 0 Å². The smallest absolute Gasteiger partial charge is 0.0608 e. The minimum Gasteiger partial charge on any atom is -0.306 e. The fraction of sp³-hybridized carbons (Fsp3) is 0.400. The SMILES string of the molecule is CCCNC(c1ccc(I)c(Cl)c1)c1cnn(CC)c1. The molecule has 0 radical (unpaired) electrons. The van der Waals surface area contributed by atoms with Crippen molar-refractivity contribution in [3.63, 3.8) is 0 Å². The Labute approximate surface area is 138 Å². The summed E-state index contributed by atoms with van der Waals surface area (Å²) in [7, 11) is 0. The van der Waals surface area contributed by atoms with Crippen LogP contribution >= 0.6 is 34.2 Å². The first kappa shape index (κ1) is 15.8. The van der Waals surface area contributed by atoms with Crippen LogP contribution in [0.2, 0.25) is 5.02 Å².